The summed E-state index contributed by atoms with van der Waals surface area (Å²) < 4.78 is 11.3. The Morgan fingerprint density at radius 2 is 1.89 bits per heavy atom. The molecule has 0 aromatic heterocycles. The molecule has 0 fully saturated rings. The Hall–Kier alpha value is -2.84. The van der Waals surface area contributed by atoms with Crippen molar-refractivity contribution in [2.75, 3.05) is 13.1 Å². The molecule has 2 aromatic rings. The van der Waals surface area contributed by atoms with Crippen molar-refractivity contribution in [1.82, 2.24) is 4.90 Å². The Kier molecular flexibility index (Phi) is 6.01. The lowest BCUT2D eigenvalue weighted by Gasteiger charge is -2.29. The highest BCUT2D eigenvalue weighted by molar-refractivity contribution is 5.72. The SMILES string of the molecule is CC(C)(C)OC(=O)CN1CCc2cc(OCc3ccc(C#N)cc3)ccc2C1. The first-order valence-electron chi connectivity index (χ1n) is 9.50. The average Bonchev–Trinajstić information content (AvgIpc) is 2.65. The van der Waals surface area contributed by atoms with Gasteiger partial charge in [0.1, 0.15) is 18.0 Å². The maximum Gasteiger partial charge on any atom is 0.320 e. The predicted octanol–water partition coefficient (Wildman–Crippen LogP) is 3.84. The van der Waals surface area contributed by atoms with Crippen molar-refractivity contribution in [3.63, 3.8) is 0 Å². The third kappa shape index (κ3) is 5.58. The molecular formula is C23H26N2O3. The van der Waals surface area contributed by atoms with Gasteiger partial charge in [-0.1, -0.05) is 18.2 Å². The number of benzene rings is 2. The molecule has 0 saturated heterocycles. The molecular weight excluding hydrogens is 352 g/mol. The number of ether oxygens (including phenoxy) is 2. The quantitative estimate of drug-likeness (QED) is 0.740. The van der Waals surface area contributed by atoms with Crippen LogP contribution in [0.25, 0.3) is 0 Å². The highest BCUT2D eigenvalue weighted by Crippen LogP contribution is 2.24. The molecule has 5 nitrogen and oxygen atoms in total. The molecule has 5 heteroatoms. The van der Waals surface area contributed by atoms with Crippen LogP contribution in [0.1, 0.15) is 43.0 Å². The van der Waals surface area contributed by atoms with Crippen molar-refractivity contribution < 1.29 is 14.3 Å². The fourth-order valence-electron chi connectivity index (χ4n) is 3.21. The summed E-state index contributed by atoms with van der Waals surface area (Å²) in [6, 6.07) is 15.7. The molecule has 1 aliphatic heterocycles. The minimum atomic E-state index is -0.452. The smallest absolute Gasteiger partial charge is 0.320 e. The van der Waals surface area contributed by atoms with E-state index in [-0.39, 0.29) is 5.97 Å². The zero-order valence-corrected chi connectivity index (χ0v) is 16.7. The van der Waals surface area contributed by atoms with Gasteiger partial charge in [-0.05, 0) is 68.1 Å². The standard InChI is InChI=1S/C23H26N2O3/c1-23(2,3)28-22(26)15-25-11-10-19-12-21(9-8-20(19)14-25)27-16-18-6-4-17(13-24)5-7-18/h4-9,12H,10-11,14-16H2,1-3H3. The van der Waals surface area contributed by atoms with Crippen LogP contribution in [0.5, 0.6) is 5.75 Å². The Bertz CT molecular complexity index is 876. The molecule has 0 saturated carbocycles. The Balaban J connectivity index is 1.56. The molecule has 3 rings (SSSR count). The first kappa shape index (κ1) is 19.9. The number of carbonyl (C=O) groups excluding carboxylic acids is 1. The van der Waals surface area contributed by atoms with Crippen LogP contribution in [0.2, 0.25) is 0 Å². The molecule has 1 aliphatic rings. The number of fused-ring (bicyclic) bond motifs is 1. The van der Waals surface area contributed by atoms with Gasteiger partial charge in [0.05, 0.1) is 18.2 Å². The van der Waals surface area contributed by atoms with E-state index in [4.69, 9.17) is 14.7 Å². The molecule has 28 heavy (non-hydrogen) atoms. The molecule has 0 N–H and O–H groups in total. The number of hydrogen-bond donors (Lipinski definition) is 0. The Morgan fingerprint density at radius 3 is 2.57 bits per heavy atom. The first-order valence-corrected chi connectivity index (χ1v) is 9.50. The summed E-state index contributed by atoms with van der Waals surface area (Å²) in [5, 5.41) is 8.86. The summed E-state index contributed by atoms with van der Waals surface area (Å²) >= 11 is 0. The van der Waals surface area contributed by atoms with Gasteiger partial charge in [0, 0.05) is 13.1 Å². The van der Waals surface area contributed by atoms with Crippen molar-refractivity contribution in [1.29, 1.82) is 5.26 Å². The van der Waals surface area contributed by atoms with Crippen LogP contribution >= 0.6 is 0 Å². The summed E-state index contributed by atoms with van der Waals surface area (Å²) in [4.78, 5) is 14.2. The summed E-state index contributed by atoms with van der Waals surface area (Å²) in [5.41, 5.74) is 3.71. The largest absolute Gasteiger partial charge is 0.489 e. The fraction of sp³-hybridized carbons (Fsp3) is 0.391. The topological polar surface area (TPSA) is 62.6 Å². The maximum atomic E-state index is 12.1. The van der Waals surface area contributed by atoms with Gasteiger partial charge >= 0.3 is 5.97 Å². The first-order chi connectivity index (χ1) is 13.3. The van der Waals surface area contributed by atoms with E-state index in [1.165, 1.54) is 11.1 Å². The van der Waals surface area contributed by atoms with Gasteiger partial charge in [-0.25, -0.2) is 0 Å². The van der Waals surface area contributed by atoms with Gasteiger partial charge < -0.3 is 9.47 Å². The molecule has 1 heterocycles. The van der Waals surface area contributed by atoms with E-state index in [1.54, 1.807) is 12.1 Å². The Labute approximate surface area is 166 Å². The zero-order valence-electron chi connectivity index (χ0n) is 16.7. The Morgan fingerprint density at radius 1 is 1.14 bits per heavy atom. The monoisotopic (exact) mass is 378 g/mol. The lowest BCUT2D eigenvalue weighted by atomic mass is 9.99. The molecule has 0 bridgehead atoms. The van der Waals surface area contributed by atoms with E-state index in [1.807, 2.05) is 39.0 Å². The van der Waals surface area contributed by atoms with Crippen LogP contribution in [0.3, 0.4) is 0 Å². The van der Waals surface area contributed by atoms with Gasteiger partial charge in [0.2, 0.25) is 0 Å². The minimum absolute atomic E-state index is 0.182. The maximum absolute atomic E-state index is 12.1. The van der Waals surface area contributed by atoms with E-state index in [9.17, 15) is 4.79 Å². The van der Waals surface area contributed by atoms with Crippen LogP contribution < -0.4 is 4.74 Å². The lowest BCUT2D eigenvalue weighted by Crippen LogP contribution is -2.37. The van der Waals surface area contributed by atoms with Gasteiger partial charge in [0.15, 0.2) is 0 Å². The predicted molar refractivity (Wildman–Crippen MR) is 107 cm³/mol. The minimum Gasteiger partial charge on any atom is -0.489 e. The second-order valence-electron chi connectivity index (χ2n) is 8.08. The molecule has 0 aliphatic carbocycles. The number of esters is 1. The third-order valence-electron chi connectivity index (χ3n) is 4.53. The molecule has 0 amide bonds. The molecule has 0 radical (unpaired) electrons. The molecule has 2 aromatic carbocycles. The normalized spacial score (nSPS) is 14.1. The van der Waals surface area contributed by atoms with Gasteiger partial charge in [0.25, 0.3) is 0 Å². The number of carbonyl (C=O) groups is 1. The highest BCUT2D eigenvalue weighted by atomic mass is 16.6. The second kappa shape index (κ2) is 8.45. The van der Waals surface area contributed by atoms with Crippen LogP contribution in [-0.2, 0) is 29.1 Å². The molecule has 0 unspecified atom stereocenters. The second-order valence-corrected chi connectivity index (χ2v) is 8.08. The van der Waals surface area contributed by atoms with E-state index in [2.05, 4.69) is 23.1 Å². The summed E-state index contributed by atoms with van der Waals surface area (Å²) in [7, 11) is 0. The summed E-state index contributed by atoms with van der Waals surface area (Å²) in [6.07, 6.45) is 0.881. The highest BCUT2D eigenvalue weighted by Gasteiger charge is 2.22. The number of rotatable bonds is 5. The van der Waals surface area contributed by atoms with E-state index >= 15 is 0 Å². The fourth-order valence-corrected chi connectivity index (χ4v) is 3.21. The van der Waals surface area contributed by atoms with Gasteiger partial charge in [-0.3, -0.25) is 9.69 Å². The third-order valence-corrected chi connectivity index (χ3v) is 4.53. The van der Waals surface area contributed by atoms with Crippen molar-refractivity contribution in [2.45, 2.75) is 45.9 Å². The van der Waals surface area contributed by atoms with Crippen molar-refractivity contribution in [3.8, 4) is 11.8 Å². The summed E-state index contributed by atoms with van der Waals surface area (Å²) in [5.74, 6) is 0.655. The van der Waals surface area contributed by atoms with Crippen molar-refractivity contribution in [2.24, 2.45) is 0 Å². The molecule has 0 spiro atoms. The average molecular weight is 378 g/mol. The van der Waals surface area contributed by atoms with E-state index < -0.39 is 5.60 Å². The van der Waals surface area contributed by atoms with Gasteiger partial charge in [-0.2, -0.15) is 5.26 Å². The molecule has 146 valence electrons. The van der Waals surface area contributed by atoms with Crippen molar-refractivity contribution in [3.05, 3.63) is 64.7 Å². The van der Waals surface area contributed by atoms with Crippen LogP contribution in [0.4, 0.5) is 0 Å². The number of nitriles is 1. The van der Waals surface area contributed by atoms with E-state index in [0.717, 1.165) is 30.8 Å². The summed E-state index contributed by atoms with van der Waals surface area (Å²) in [6.45, 7) is 8.00. The van der Waals surface area contributed by atoms with Crippen molar-refractivity contribution >= 4 is 5.97 Å². The number of nitrogens with zero attached hydrogens (tertiary/aromatic N) is 2. The van der Waals surface area contributed by atoms with Crippen LogP contribution in [0, 0.1) is 11.3 Å². The van der Waals surface area contributed by atoms with Crippen LogP contribution in [0.15, 0.2) is 42.5 Å². The lowest BCUT2D eigenvalue weighted by molar-refractivity contribution is -0.156. The number of hydrogen-bond acceptors (Lipinski definition) is 5. The zero-order chi connectivity index (χ0) is 20.1. The molecule has 0 atom stereocenters. The van der Waals surface area contributed by atoms with E-state index in [0.29, 0.717) is 18.7 Å². The van der Waals surface area contributed by atoms with Crippen LogP contribution in [-0.4, -0.2) is 29.6 Å². The van der Waals surface area contributed by atoms with Gasteiger partial charge in [-0.15, -0.1) is 0 Å².